The molecule has 1 heterocycles. The van der Waals surface area contributed by atoms with Crippen molar-refractivity contribution in [2.75, 3.05) is 0 Å². The number of hydrogen-bond donors (Lipinski definition) is 0. The molecule has 0 saturated carbocycles. The first-order chi connectivity index (χ1) is 6.50. The zero-order valence-electron chi connectivity index (χ0n) is 7.75. The first-order valence-corrected chi connectivity index (χ1v) is 3.93. The lowest BCUT2D eigenvalue weighted by atomic mass is 10.1. The fourth-order valence-corrected chi connectivity index (χ4v) is 1.08. The van der Waals surface area contributed by atoms with Crippen LogP contribution < -0.4 is 4.74 Å². The molecule has 14 heavy (non-hydrogen) atoms. The van der Waals surface area contributed by atoms with Crippen molar-refractivity contribution in [3.05, 3.63) is 23.5 Å². The average Bonchev–Trinajstić information content (AvgIpc) is 2.01. The third-order valence-corrected chi connectivity index (χ3v) is 1.61. The summed E-state index contributed by atoms with van der Waals surface area (Å²) in [6, 6.07) is 1.36. The highest BCUT2D eigenvalue weighted by Crippen LogP contribution is 2.16. The van der Waals surface area contributed by atoms with Crippen LogP contribution in [0, 0.1) is 6.92 Å². The van der Waals surface area contributed by atoms with Crippen molar-refractivity contribution in [2.24, 2.45) is 0 Å². The number of hydrogen-bond acceptors (Lipinski definition) is 3. The standard InChI is InChI=1S/C9H9F2NO2/c1-5-3-7(14-9(10)11)4-12-8(5)6(2)13/h3-4,9H,1-2H3. The molecule has 3 nitrogen and oxygen atoms in total. The molecule has 0 radical (unpaired) electrons. The van der Waals surface area contributed by atoms with Gasteiger partial charge in [0.1, 0.15) is 11.4 Å². The quantitative estimate of drug-likeness (QED) is 0.703. The topological polar surface area (TPSA) is 39.2 Å². The summed E-state index contributed by atoms with van der Waals surface area (Å²) in [5.41, 5.74) is 0.794. The van der Waals surface area contributed by atoms with E-state index in [1.165, 1.54) is 13.0 Å². The molecule has 0 aliphatic heterocycles. The van der Waals surface area contributed by atoms with Crippen LogP contribution in [0.25, 0.3) is 0 Å². The Kier molecular flexibility index (Phi) is 3.11. The number of nitrogens with zero attached hydrogens (tertiary/aromatic N) is 1. The number of carbonyl (C=O) groups excluding carboxylic acids is 1. The Labute approximate surface area is 79.7 Å². The van der Waals surface area contributed by atoms with Gasteiger partial charge in [-0.15, -0.1) is 0 Å². The van der Waals surface area contributed by atoms with Gasteiger partial charge in [0, 0.05) is 6.92 Å². The number of ketones is 1. The molecule has 0 bridgehead atoms. The lowest BCUT2D eigenvalue weighted by Gasteiger charge is -2.06. The summed E-state index contributed by atoms with van der Waals surface area (Å²) in [5, 5.41) is 0. The molecule has 0 fully saturated rings. The molecule has 0 aromatic carbocycles. The first-order valence-electron chi connectivity index (χ1n) is 3.93. The number of ether oxygens (including phenoxy) is 1. The average molecular weight is 201 g/mol. The van der Waals surface area contributed by atoms with E-state index in [-0.39, 0.29) is 17.2 Å². The Hall–Kier alpha value is -1.52. The Balaban J connectivity index is 2.94. The van der Waals surface area contributed by atoms with E-state index in [4.69, 9.17) is 0 Å². The van der Waals surface area contributed by atoms with Crippen molar-refractivity contribution in [3.8, 4) is 5.75 Å². The Morgan fingerprint density at radius 2 is 2.21 bits per heavy atom. The van der Waals surface area contributed by atoms with E-state index in [0.717, 1.165) is 6.20 Å². The summed E-state index contributed by atoms with van der Waals surface area (Å²) in [4.78, 5) is 14.7. The number of pyridine rings is 1. The maximum absolute atomic E-state index is 11.8. The lowest BCUT2D eigenvalue weighted by Crippen LogP contribution is -2.05. The summed E-state index contributed by atoms with van der Waals surface area (Å²) in [7, 11) is 0. The van der Waals surface area contributed by atoms with Gasteiger partial charge in [0.25, 0.3) is 0 Å². The molecular weight excluding hydrogens is 192 g/mol. The summed E-state index contributed by atoms with van der Waals surface area (Å²) in [6.45, 7) is 0.102. The number of alkyl halides is 2. The van der Waals surface area contributed by atoms with E-state index < -0.39 is 6.61 Å². The number of Topliss-reactive ketones (excluding diaryl/α,β-unsaturated/α-hetero) is 1. The van der Waals surface area contributed by atoms with E-state index >= 15 is 0 Å². The Morgan fingerprint density at radius 1 is 1.57 bits per heavy atom. The smallest absolute Gasteiger partial charge is 0.387 e. The van der Waals surface area contributed by atoms with Gasteiger partial charge in [-0.3, -0.25) is 4.79 Å². The molecule has 1 aromatic heterocycles. The molecule has 1 rings (SSSR count). The van der Waals surface area contributed by atoms with Crippen molar-refractivity contribution < 1.29 is 18.3 Å². The van der Waals surface area contributed by atoms with Crippen LogP contribution >= 0.6 is 0 Å². The summed E-state index contributed by atoms with van der Waals surface area (Å²) in [5.74, 6) is -0.242. The molecule has 0 unspecified atom stereocenters. The van der Waals surface area contributed by atoms with Gasteiger partial charge in [0.2, 0.25) is 0 Å². The Morgan fingerprint density at radius 3 is 2.64 bits per heavy atom. The van der Waals surface area contributed by atoms with Crippen LogP contribution in [0.15, 0.2) is 12.3 Å². The summed E-state index contributed by atoms with van der Waals surface area (Å²) < 4.78 is 27.7. The normalized spacial score (nSPS) is 10.4. The van der Waals surface area contributed by atoms with Crippen LogP contribution in [0.3, 0.4) is 0 Å². The van der Waals surface area contributed by atoms with E-state index in [2.05, 4.69) is 9.72 Å². The SMILES string of the molecule is CC(=O)c1ncc(OC(F)F)cc1C. The minimum atomic E-state index is -2.88. The number of rotatable bonds is 3. The van der Waals surface area contributed by atoms with Gasteiger partial charge >= 0.3 is 6.61 Å². The van der Waals surface area contributed by atoms with E-state index in [9.17, 15) is 13.6 Å². The third kappa shape index (κ3) is 2.48. The molecule has 0 saturated heterocycles. The lowest BCUT2D eigenvalue weighted by molar-refractivity contribution is -0.0501. The van der Waals surface area contributed by atoms with Crippen molar-refractivity contribution in [1.29, 1.82) is 0 Å². The molecule has 0 atom stereocenters. The molecule has 0 amide bonds. The number of aromatic nitrogens is 1. The maximum atomic E-state index is 11.8. The predicted molar refractivity (Wildman–Crippen MR) is 45.6 cm³/mol. The fourth-order valence-electron chi connectivity index (χ4n) is 1.08. The zero-order chi connectivity index (χ0) is 10.7. The molecule has 76 valence electrons. The van der Waals surface area contributed by atoms with Gasteiger partial charge in [-0.05, 0) is 18.6 Å². The minimum absolute atomic E-state index is 0.0394. The van der Waals surface area contributed by atoms with E-state index in [1.807, 2.05) is 0 Å². The van der Waals surface area contributed by atoms with Gasteiger partial charge in [0.15, 0.2) is 5.78 Å². The third-order valence-electron chi connectivity index (χ3n) is 1.61. The van der Waals surface area contributed by atoms with Crippen molar-refractivity contribution in [1.82, 2.24) is 4.98 Å². The molecule has 0 aliphatic carbocycles. The van der Waals surface area contributed by atoms with Crippen LogP contribution in [0.2, 0.25) is 0 Å². The number of halogens is 2. The van der Waals surface area contributed by atoms with Gasteiger partial charge in [0.05, 0.1) is 6.20 Å². The molecule has 0 N–H and O–H groups in total. The molecular formula is C9H9F2NO2. The minimum Gasteiger partial charge on any atom is -0.433 e. The van der Waals surface area contributed by atoms with Gasteiger partial charge < -0.3 is 4.74 Å². The highest BCUT2D eigenvalue weighted by atomic mass is 19.3. The summed E-state index contributed by atoms with van der Waals surface area (Å²) in [6.07, 6.45) is 1.11. The molecule has 0 spiro atoms. The predicted octanol–water partition coefficient (Wildman–Crippen LogP) is 2.19. The van der Waals surface area contributed by atoms with Crippen molar-refractivity contribution >= 4 is 5.78 Å². The van der Waals surface area contributed by atoms with E-state index in [1.54, 1.807) is 6.92 Å². The van der Waals surface area contributed by atoms with Crippen LogP contribution in [0.1, 0.15) is 23.0 Å². The fraction of sp³-hybridized carbons (Fsp3) is 0.333. The van der Waals surface area contributed by atoms with Crippen LogP contribution in [0.4, 0.5) is 8.78 Å². The van der Waals surface area contributed by atoms with Crippen LogP contribution in [-0.2, 0) is 0 Å². The number of carbonyl (C=O) groups is 1. The monoisotopic (exact) mass is 201 g/mol. The molecule has 0 aliphatic rings. The van der Waals surface area contributed by atoms with Gasteiger partial charge in [-0.2, -0.15) is 8.78 Å². The second-order valence-corrected chi connectivity index (χ2v) is 2.77. The second kappa shape index (κ2) is 4.13. The molecule has 5 heteroatoms. The molecule has 1 aromatic rings. The first kappa shape index (κ1) is 10.6. The zero-order valence-corrected chi connectivity index (χ0v) is 7.75. The largest absolute Gasteiger partial charge is 0.433 e. The number of aryl methyl sites for hydroxylation is 1. The van der Waals surface area contributed by atoms with Gasteiger partial charge in [-0.1, -0.05) is 0 Å². The Bertz CT molecular complexity index is 353. The highest BCUT2D eigenvalue weighted by molar-refractivity contribution is 5.93. The van der Waals surface area contributed by atoms with Crippen molar-refractivity contribution in [3.63, 3.8) is 0 Å². The summed E-state index contributed by atoms with van der Waals surface area (Å²) >= 11 is 0. The highest BCUT2D eigenvalue weighted by Gasteiger charge is 2.09. The second-order valence-electron chi connectivity index (χ2n) is 2.77. The van der Waals surface area contributed by atoms with Crippen molar-refractivity contribution in [2.45, 2.75) is 20.5 Å². The maximum Gasteiger partial charge on any atom is 0.387 e. The van der Waals surface area contributed by atoms with Crippen LogP contribution in [-0.4, -0.2) is 17.4 Å². The van der Waals surface area contributed by atoms with E-state index in [0.29, 0.717) is 5.56 Å². The van der Waals surface area contributed by atoms with Crippen LogP contribution in [0.5, 0.6) is 5.75 Å². The van der Waals surface area contributed by atoms with Gasteiger partial charge in [-0.25, -0.2) is 4.98 Å².